The first-order valence-electron chi connectivity index (χ1n) is 4.97. The van der Waals surface area contributed by atoms with E-state index in [1.165, 1.54) is 4.90 Å². The van der Waals surface area contributed by atoms with Crippen molar-refractivity contribution in [2.75, 3.05) is 7.05 Å². The molecular weight excluding hydrogens is 333 g/mol. The highest BCUT2D eigenvalue weighted by atomic mass is 127. The van der Waals surface area contributed by atoms with Crippen molar-refractivity contribution in [1.29, 1.82) is 0 Å². The molecule has 0 aromatic heterocycles. The molecule has 0 spiro atoms. The van der Waals surface area contributed by atoms with E-state index in [1.807, 2.05) is 12.1 Å². The highest BCUT2D eigenvalue weighted by Gasteiger charge is 2.20. The summed E-state index contributed by atoms with van der Waals surface area (Å²) in [6.07, 6.45) is 0. The number of amides is 1. The Morgan fingerprint density at radius 2 is 2.24 bits per heavy atom. The fraction of sp³-hybridized carbons (Fsp3) is 0.273. The van der Waals surface area contributed by atoms with E-state index in [4.69, 9.17) is 10.9 Å². The van der Waals surface area contributed by atoms with E-state index in [1.54, 1.807) is 26.1 Å². The second-order valence-corrected chi connectivity index (χ2v) is 4.87. The molecule has 0 saturated carbocycles. The van der Waals surface area contributed by atoms with Gasteiger partial charge in [-0.05, 0) is 47.7 Å². The molecule has 1 amide bonds. The number of halogens is 1. The molecule has 0 bridgehead atoms. The summed E-state index contributed by atoms with van der Waals surface area (Å²) in [5.74, 6) is -0.158. The average Bonchev–Trinajstić information content (AvgIpc) is 2.35. The van der Waals surface area contributed by atoms with Crippen LogP contribution in [0.3, 0.4) is 0 Å². The molecule has 3 N–H and O–H groups in total. The lowest BCUT2D eigenvalue weighted by Gasteiger charge is -2.23. The molecule has 0 aliphatic heterocycles. The standard InChI is InChI=1S/C11H14IN3O2/c1-7(10(13)14-17)15(2)11(16)8-4-3-5-9(12)6-8/h3-7,17H,1-2H3,(H2,13,14). The van der Waals surface area contributed by atoms with Gasteiger partial charge in [0.1, 0.15) is 0 Å². The molecular formula is C11H14IN3O2. The van der Waals surface area contributed by atoms with E-state index in [2.05, 4.69) is 27.7 Å². The van der Waals surface area contributed by atoms with E-state index >= 15 is 0 Å². The van der Waals surface area contributed by atoms with Gasteiger partial charge in [-0.3, -0.25) is 4.79 Å². The van der Waals surface area contributed by atoms with Gasteiger partial charge in [-0.2, -0.15) is 0 Å². The second-order valence-electron chi connectivity index (χ2n) is 3.63. The van der Waals surface area contributed by atoms with Gasteiger partial charge in [-0.15, -0.1) is 0 Å². The van der Waals surface area contributed by atoms with Crippen LogP contribution in [-0.4, -0.2) is 34.9 Å². The molecule has 92 valence electrons. The van der Waals surface area contributed by atoms with Crippen molar-refractivity contribution in [1.82, 2.24) is 4.90 Å². The Morgan fingerprint density at radius 3 is 2.76 bits per heavy atom. The minimum Gasteiger partial charge on any atom is -0.409 e. The molecule has 17 heavy (non-hydrogen) atoms. The van der Waals surface area contributed by atoms with Crippen molar-refractivity contribution in [3.8, 4) is 0 Å². The minimum absolute atomic E-state index is 0.00600. The third-order valence-corrected chi connectivity index (χ3v) is 3.19. The summed E-state index contributed by atoms with van der Waals surface area (Å²) in [5, 5.41) is 11.5. The molecule has 6 heteroatoms. The summed E-state index contributed by atoms with van der Waals surface area (Å²) in [6.45, 7) is 1.70. The lowest BCUT2D eigenvalue weighted by atomic mass is 10.1. The van der Waals surface area contributed by atoms with Gasteiger partial charge in [-0.25, -0.2) is 0 Å². The molecule has 5 nitrogen and oxygen atoms in total. The van der Waals surface area contributed by atoms with E-state index in [0.29, 0.717) is 5.56 Å². The Balaban J connectivity index is 2.90. The Labute approximate surface area is 113 Å². The first-order chi connectivity index (χ1) is 7.97. The Hall–Kier alpha value is -1.31. The van der Waals surface area contributed by atoms with E-state index in [9.17, 15) is 4.79 Å². The van der Waals surface area contributed by atoms with Crippen molar-refractivity contribution in [3.63, 3.8) is 0 Å². The summed E-state index contributed by atoms with van der Waals surface area (Å²) in [6, 6.07) is 6.80. The summed E-state index contributed by atoms with van der Waals surface area (Å²) < 4.78 is 0.985. The number of amidine groups is 1. The zero-order chi connectivity index (χ0) is 13.0. The lowest BCUT2D eigenvalue weighted by Crippen LogP contribution is -2.43. The quantitative estimate of drug-likeness (QED) is 0.286. The first-order valence-corrected chi connectivity index (χ1v) is 6.05. The van der Waals surface area contributed by atoms with Crippen LogP contribution in [0.1, 0.15) is 17.3 Å². The van der Waals surface area contributed by atoms with Gasteiger partial charge in [0.05, 0.1) is 6.04 Å². The maximum Gasteiger partial charge on any atom is 0.254 e. The van der Waals surface area contributed by atoms with Crippen molar-refractivity contribution in [3.05, 3.63) is 33.4 Å². The molecule has 0 heterocycles. The molecule has 1 rings (SSSR count). The summed E-state index contributed by atoms with van der Waals surface area (Å²) in [7, 11) is 1.62. The smallest absolute Gasteiger partial charge is 0.254 e. The van der Waals surface area contributed by atoms with Gasteiger partial charge in [0.2, 0.25) is 0 Å². The normalized spacial score (nSPS) is 13.2. The molecule has 1 aromatic rings. The number of hydrogen-bond acceptors (Lipinski definition) is 3. The summed E-state index contributed by atoms with van der Waals surface area (Å²) in [4.78, 5) is 13.5. The molecule has 0 aliphatic rings. The molecule has 1 atom stereocenters. The number of likely N-dealkylation sites (N-methyl/N-ethyl adjacent to an activating group) is 1. The maximum atomic E-state index is 12.1. The average molecular weight is 347 g/mol. The van der Waals surface area contributed by atoms with Gasteiger partial charge >= 0.3 is 0 Å². The third kappa shape index (κ3) is 3.32. The fourth-order valence-electron chi connectivity index (χ4n) is 1.28. The maximum absolute atomic E-state index is 12.1. The molecule has 0 saturated heterocycles. The fourth-order valence-corrected chi connectivity index (χ4v) is 1.83. The lowest BCUT2D eigenvalue weighted by molar-refractivity contribution is 0.0776. The van der Waals surface area contributed by atoms with Crippen LogP contribution in [0, 0.1) is 3.57 Å². The Bertz CT molecular complexity index is 448. The third-order valence-electron chi connectivity index (χ3n) is 2.52. The van der Waals surface area contributed by atoms with Crippen LogP contribution in [0.2, 0.25) is 0 Å². The highest BCUT2D eigenvalue weighted by Crippen LogP contribution is 2.11. The number of rotatable bonds is 3. The highest BCUT2D eigenvalue weighted by molar-refractivity contribution is 14.1. The largest absolute Gasteiger partial charge is 0.409 e. The Morgan fingerprint density at radius 1 is 1.59 bits per heavy atom. The predicted molar refractivity (Wildman–Crippen MR) is 74.1 cm³/mol. The Kier molecular flexibility index (Phi) is 4.73. The topological polar surface area (TPSA) is 78.9 Å². The summed E-state index contributed by atoms with van der Waals surface area (Å²) in [5.41, 5.74) is 6.05. The van der Waals surface area contributed by atoms with Crippen LogP contribution in [0.5, 0.6) is 0 Å². The van der Waals surface area contributed by atoms with Crippen molar-refractivity contribution in [2.24, 2.45) is 10.9 Å². The number of carbonyl (C=O) groups excluding carboxylic acids is 1. The number of oxime groups is 1. The number of benzene rings is 1. The predicted octanol–water partition coefficient (Wildman–Crippen LogP) is 1.50. The molecule has 0 radical (unpaired) electrons. The van der Waals surface area contributed by atoms with E-state index < -0.39 is 6.04 Å². The van der Waals surface area contributed by atoms with E-state index in [-0.39, 0.29) is 11.7 Å². The number of carbonyl (C=O) groups is 1. The van der Waals surface area contributed by atoms with Crippen LogP contribution in [0.15, 0.2) is 29.4 Å². The van der Waals surface area contributed by atoms with Crippen molar-refractivity contribution >= 4 is 34.3 Å². The summed E-state index contributed by atoms with van der Waals surface area (Å²) >= 11 is 2.14. The SMILES string of the molecule is CC(C(N)=NO)N(C)C(=O)c1cccc(I)c1. The van der Waals surface area contributed by atoms with Crippen LogP contribution in [-0.2, 0) is 0 Å². The first kappa shape index (κ1) is 13.8. The number of hydrogen-bond donors (Lipinski definition) is 2. The monoisotopic (exact) mass is 347 g/mol. The van der Waals surface area contributed by atoms with Crippen LogP contribution in [0.25, 0.3) is 0 Å². The van der Waals surface area contributed by atoms with Gasteiger partial charge in [0.25, 0.3) is 5.91 Å². The van der Waals surface area contributed by atoms with Gasteiger partial charge in [0, 0.05) is 16.2 Å². The minimum atomic E-state index is -0.453. The molecule has 1 unspecified atom stereocenters. The van der Waals surface area contributed by atoms with Gasteiger partial charge < -0.3 is 15.8 Å². The van der Waals surface area contributed by atoms with E-state index in [0.717, 1.165) is 3.57 Å². The zero-order valence-corrected chi connectivity index (χ0v) is 11.7. The van der Waals surface area contributed by atoms with Crippen LogP contribution in [0.4, 0.5) is 0 Å². The zero-order valence-electron chi connectivity index (χ0n) is 9.59. The molecule has 0 fully saturated rings. The van der Waals surface area contributed by atoms with Gasteiger partial charge in [-0.1, -0.05) is 11.2 Å². The second kappa shape index (κ2) is 5.85. The van der Waals surface area contributed by atoms with Crippen LogP contribution >= 0.6 is 22.6 Å². The van der Waals surface area contributed by atoms with Crippen molar-refractivity contribution in [2.45, 2.75) is 13.0 Å². The van der Waals surface area contributed by atoms with Crippen molar-refractivity contribution < 1.29 is 10.0 Å². The molecule has 0 aliphatic carbocycles. The van der Waals surface area contributed by atoms with Crippen LogP contribution < -0.4 is 5.73 Å². The van der Waals surface area contributed by atoms with Gasteiger partial charge in [0.15, 0.2) is 5.84 Å². The number of nitrogens with two attached hydrogens (primary N) is 1. The number of nitrogens with zero attached hydrogens (tertiary/aromatic N) is 2. The molecule has 1 aromatic carbocycles.